The number of amides is 1. The van der Waals surface area contributed by atoms with Crippen LogP contribution in [0.4, 0.5) is 5.82 Å². The third-order valence-corrected chi connectivity index (χ3v) is 4.30. The number of rotatable bonds is 4. The van der Waals surface area contributed by atoms with Crippen molar-refractivity contribution in [2.45, 2.75) is 32.0 Å². The molecule has 1 atom stereocenters. The number of benzene rings is 1. The van der Waals surface area contributed by atoms with Crippen LogP contribution in [0.25, 0.3) is 0 Å². The summed E-state index contributed by atoms with van der Waals surface area (Å²) in [4.78, 5) is 24.7. The number of morpholine rings is 1. The maximum atomic E-state index is 12.8. The minimum Gasteiger partial charge on any atom is -0.369 e. The quantitative estimate of drug-likeness (QED) is 0.626. The van der Waals surface area contributed by atoms with Gasteiger partial charge in [-0.25, -0.2) is 0 Å². The Labute approximate surface area is 145 Å². The number of nitrogens with zero attached hydrogens (tertiary/aromatic N) is 4. The van der Waals surface area contributed by atoms with Crippen LogP contribution < -0.4 is 0 Å². The van der Waals surface area contributed by atoms with E-state index >= 15 is 0 Å². The molecule has 3 rings (SSSR count). The molecule has 1 saturated heterocycles. The first-order valence-electron chi connectivity index (χ1n) is 8.02. The van der Waals surface area contributed by atoms with Crippen molar-refractivity contribution in [1.29, 1.82) is 0 Å². The van der Waals surface area contributed by atoms with E-state index in [1.165, 1.54) is 16.9 Å². The summed E-state index contributed by atoms with van der Waals surface area (Å²) in [6, 6.07) is 11.0. The summed E-state index contributed by atoms with van der Waals surface area (Å²) in [6.07, 6.45) is 1.25. The first-order valence-corrected chi connectivity index (χ1v) is 8.02. The molecule has 8 heteroatoms. The fourth-order valence-corrected chi connectivity index (χ4v) is 2.92. The van der Waals surface area contributed by atoms with Gasteiger partial charge < -0.3 is 19.8 Å². The van der Waals surface area contributed by atoms with Crippen molar-refractivity contribution in [3.05, 3.63) is 58.3 Å². The van der Waals surface area contributed by atoms with Gasteiger partial charge in [-0.1, -0.05) is 30.3 Å². The predicted molar refractivity (Wildman–Crippen MR) is 89.8 cm³/mol. The fraction of sp³-hybridized carbons (Fsp3) is 0.412. The van der Waals surface area contributed by atoms with Crippen molar-refractivity contribution in [2.24, 2.45) is 0 Å². The zero-order valence-corrected chi connectivity index (χ0v) is 14.2. The van der Waals surface area contributed by atoms with Gasteiger partial charge in [0.05, 0.1) is 36.1 Å². The molecule has 1 fully saturated rings. The Hall–Kier alpha value is -2.74. The molecule has 0 saturated carbocycles. The first kappa shape index (κ1) is 17.1. The van der Waals surface area contributed by atoms with Crippen LogP contribution in [0.1, 0.15) is 25.5 Å². The molecule has 0 spiro atoms. The van der Waals surface area contributed by atoms with E-state index in [1.807, 2.05) is 44.2 Å². The lowest BCUT2D eigenvalue weighted by atomic mass is 9.98. The van der Waals surface area contributed by atoms with Gasteiger partial charge in [-0.05, 0) is 24.3 Å². The Morgan fingerprint density at radius 2 is 2.08 bits per heavy atom. The molecular formula is C17H20N4O4. The molecule has 2 heterocycles. The average Bonchev–Trinajstić information content (AvgIpc) is 3.04. The van der Waals surface area contributed by atoms with Crippen molar-refractivity contribution in [3.8, 4) is 0 Å². The van der Waals surface area contributed by atoms with Gasteiger partial charge in [0, 0.05) is 0 Å². The summed E-state index contributed by atoms with van der Waals surface area (Å²) in [5.74, 6) is -0.413. The monoisotopic (exact) mass is 344 g/mol. The molecule has 1 amide bonds. The lowest BCUT2D eigenvalue weighted by Crippen LogP contribution is -2.57. The molecule has 0 N–H and O–H groups in total. The van der Waals surface area contributed by atoms with E-state index in [2.05, 4.69) is 5.10 Å². The summed E-state index contributed by atoms with van der Waals surface area (Å²) >= 11 is 0. The molecule has 1 aromatic heterocycles. The van der Waals surface area contributed by atoms with Gasteiger partial charge in [0.15, 0.2) is 0 Å². The Morgan fingerprint density at radius 3 is 2.72 bits per heavy atom. The third-order valence-electron chi connectivity index (χ3n) is 4.30. The molecule has 2 aromatic rings. The van der Waals surface area contributed by atoms with Crippen molar-refractivity contribution in [1.82, 2.24) is 14.7 Å². The Morgan fingerprint density at radius 1 is 1.36 bits per heavy atom. The second-order valence-corrected chi connectivity index (χ2v) is 6.66. The maximum absolute atomic E-state index is 12.8. The average molecular weight is 344 g/mol. The SMILES string of the molecule is CC1(C)CO[C@H](c2ccccc2)CN1C(=O)Cn1ccc([N+](=O)[O-])n1. The van der Waals surface area contributed by atoms with Crippen LogP contribution in [0.3, 0.4) is 0 Å². The van der Waals surface area contributed by atoms with Crippen molar-refractivity contribution in [3.63, 3.8) is 0 Å². The summed E-state index contributed by atoms with van der Waals surface area (Å²) < 4.78 is 7.24. The van der Waals surface area contributed by atoms with E-state index in [4.69, 9.17) is 4.74 Å². The van der Waals surface area contributed by atoms with Gasteiger partial charge in [0.1, 0.15) is 12.6 Å². The second-order valence-electron chi connectivity index (χ2n) is 6.66. The molecule has 1 aliphatic rings. The zero-order chi connectivity index (χ0) is 18.0. The van der Waals surface area contributed by atoms with Crippen LogP contribution >= 0.6 is 0 Å². The molecule has 0 aliphatic carbocycles. The highest BCUT2D eigenvalue weighted by molar-refractivity contribution is 5.77. The molecule has 0 radical (unpaired) electrons. The minimum atomic E-state index is -0.578. The molecule has 8 nitrogen and oxygen atoms in total. The maximum Gasteiger partial charge on any atom is 0.389 e. The van der Waals surface area contributed by atoms with Crippen molar-refractivity contribution < 1.29 is 14.5 Å². The first-order chi connectivity index (χ1) is 11.9. The van der Waals surface area contributed by atoms with Crippen LogP contribution in [0.5, 0.6) is 0 Å². The van der Waals surface area contributed by atoms with Gasteiger partial charge in [0.25, 0.3) is 0 Å². The van der Waals surface area contributed by atoms with Crippen molar-refractivity contribution >= 4 is 11.7 Å². The lowest BCUT2D eigenvalue weighted by Gasteiger charge is -2.45. The molecular weight excluding hydrogens is 324 g/mol. The van der Waals surface area contributed by atoms with Crippen LogP contribution in [0.15, 0.2) is 42.6 Å². The number of carbonyl (C=O) groups excluding carboxylic acids is 1. The van der Waals surface area contributed by atoms with E-state index in [1.54, 1.807) is 4.90 Å². The highest BCUT2D eigenvalue weighted by Gasteiger charge is 2.38. The van der Waals surface area contributed by atoms with Gasteiger partial charge in [-0.2, -0.15) is 4.68 Å². The largest absolute Gasteiger partial charge is 0.389 e. The molecule has 132 valence electrons. The topological polar surface area (TPSA) is 90.5 Å². The number of hydrogen-bond donors (Lipinski definition) is 0. The van der Waals surface area contributed by atoms with Crippen LogP contribution in [0.2, 0.25) is 0 Å². The van der Waals surface area contributed by atoms with E-state index in [9.17, 15) is 14.9 Å². The summed E-state index contributed by atoms with van der Waals surface area (Å²) in [7, 11) is 0. The number of ether oxygens (including phenoxy) is 1. The standard InChI is InChI=1S/C17H20N4O4/c1-17(2)12-25-14(13-6-4-3-5-7-13)10-20(17)16(22)11-19-9-8-15(18-19)21(23)24/h3-9,14H,10-12H2,1-2H3/t14-/m0/s1. The van der Waals surface area contributed by atoms with Gasteiger partial charge in [-0.3, -0.25) is 4.79 Å². The van der Waals surface area contributed by atoms with Crippen LogP contribution in [-0.2, 0) is 16.1 Å². The summed E-state index contributed by atoms with van der Waals surface area (Å²) in [6.45, 7) is 4.69. The zero-order valence-electron chi connectivity index (χ0n) is 14.2. The lowest BCUT2D eigenvalue weighted by molar-refractivity contribution is -0.389. The van der Waals surface area contributed by atoms with Gasteiger partial charge in [-0.15, -0.1) is 0 Å². The van der Waals surface area contributed by atoms with E-state index < -0.39 is 10.5 Å². The summed E-state index contributed by atoms with van der Waals surface area (Å²) in [5.41, 5.74) is 0.562. The Kier molecular flexibility index (Phi) is 4.54. The minimum absolute atomic E-state index is 0.0429. The van der Waals surface area contributed by atoms with E-state index in [-0.39, 0.29) is 24.4 Å². The predicted octanol–water partition coefficient (Wildman–Crippen LogP) is 2.17. The highest BCUT2D eigenvalue weighted by atomic mass is 16.6. The second kappa shape index (κ2) is 6.64. The van der Waals surface area contributed by atoms with Crippen molar-refractivity contribution in [2.75, 3.05) is 13.2 Å². The van der Waals surface area contributed by atoms with Crippen LogP contribution in [0, 0.1) is 10.1 Å². The summed E-state index contributed by atoms with van der Waals surface area (Å²) in [5, 5.41) is 14.5. The Balaban J connectivity index is 1.75. The van der Waals surface area contributed by atoms with E-state index in [0.29, 0.717) is 13.2 Å². The normalized spacial score (nSPS) is 19.6. The number of carbonyl (C=O) groups is 1. The number of hydrogen-bond acceptors (Lipinski definition) is 5. The highest BCUT2D eigenvalue weighted by Crippen LogP contribution is 2.30. The molecule has 1 aliphatic heterocycles. The molecule has 0 bridgehead atoms. The number of nitro groups is 1. The number of aromatic nitrogens is 2. The van der Waals surface area contributed by atoms with E-state index in [0.717, 1.165) is 5.56 Å². The van der Waals surface area contributed by atoms with Gasteiger partial charge in [0.2, 0.25) is 5.91 Å². The molecule has 25 heavy (non-hydrogen) atoms. The molecule has 1 aromatic carbocycles. The van der Waals surface area contributed by atoms with Crippen LogP contribution in [-0.4, -0.2) is 44.2 Å². The van der Waals surface area contributed by atoms with Gasteiger partial charge >= 0.3 is 5.82 Å². The third kappa shape index (κ3) is 3.69. The Bertz CT molecular complexity index is 772. The smallest absolute Gasteiger partial charge is 0.369 e. The molecule has 0 unspecified atom stereocenters. The fourth-order valence-electron chi connectivity index (χ4n) is 2.92.